The number of rotatable bonds is 3. The summed E-state index contributed by atoms with van der Waals surface area (Å²) in [4.78, 5) is 2.57. The Kier molecular flexibility index (Phi) is 4.36. The highest BCUT2D eigenvalue weighted by atomic mass is 15.4. The van der Waals surface area contributed by atoms with Crippen molar-refractivity contribution in [1.82, 2.24) is 15.8 Å². The molecule has 2 heterocycles. The zero-order valence-corrected chi connectivity index (χ0v) is 12.3. The summed E-state index contributed by atoms with van der Waals surface area (Å²) in [5.74, 6) is 0.627. The summed E-state index contributed by atoms with van der Waals surface area (Å²) in [5.41, 5.74) is 14.6. The van der Waals surface area contributed by atoms with Crippen LogP contribution in [0.2, 0.25) is 0 Å². The van der Waals surface area contributed by atoms with Crippen LogP contribution in [0.4, 0.5) is 0 Å². The van der Waals surface area contributed by atoms with E-state index in [4.69, 9.17) is 5.73 Å². The van der Waals surface area contributed by atoms with Crippen molar-refractivity contribution in [2.75, 3.05) is 13.1 Å². The second kappa shape index (κ2) is 6.22. The van der Waals surface area contributed by atoms with Crippen LogP contribution >= 0.6 is 0 Å². The number of hydrazine groups is 1. The van der Waals surface area contributed by atoms with Crippen molar-refractivity contribution in [2.24, 2.45) is 11.7 Å². The Morgan fingerprint density at radius 3 is 2.80 bits per heavy atom. The van der Waals surface area contributed by atoms with E-state index in [2.05, 4.69) is 53.0 Å². The van der Waals surface area contributed by atoms with E-state index in [1.807, 2.05) is 0 Å². The molecule has 20 heavy (non-hydrogen) atoms. The molecule has 0 spiro atoms. The van der Waals surface area contributed by atoms with E-state index in [-0.39, 0.29) is 6.04 Å². The molecule has 1 aromatic carbocycles. The molecule has 0 aromatic heterocycles. The number of nitrogens with two attached hydrogens (primary N) is 1. The van der Waals surface area contributed by atoms with E-state index in [0.29, 0.717) is 18.0 Å². The zero-order chi connectivity index (χ0) is 13.9. The van der Waals surface area contributed by atoms with Gasteiger partial charge in [0.15, 0.2) is 0 Å². The fraction of sp³-hybridized carbons (Fsp3) is 0.625. The molecule has 4 atom stereocenters. The van der Waals surface area contributed by atoms with Crippen LogP contribution in [0.3, 0.4) is 0 Å². The van der Waals surface area contributed by atoms with Crippen molar-refractivity contribution in [1.29, 1.82) is 0 Å². The fourth-order valence-electron chi connectivity index (χ4n) is 3.65. The van der Waals surface area contributed by atoms with Gasteiger partial charge in [-0.1, -0.05) is 37.3 Å². The molecule has 110 valence electrons. The minimum atomic E-state index is 0.271. The van der Waals surface area contributed by atoms with Gasteiger partial charge in [-0.25, -0.2) is 0 Å². The summed E-state index contributed by atoms with van der Waals surface area (Å²) in [6.07, 6.45) is 2.35. The molecule has 1 aromatic rings. The fourth-order valence-corrected chi connectivity index (χ4v) is 3.65. The molecule has 0 bridgehead atoms. The first-order valence-corrected chi connectivity index (χ1v) is 7.77. The van der Waals surface area contributed by atoms with E-state index >= 15 is 0 Å². The molecule has 2 saturated heterocycles. The Balaban J connectivity index is 1.76. The zero-order valence-electron chi connectivity index (χ0n) is 12.3. The van der Waals surface area contributed by atoms with E-state index in [0.717, 1.165) is 26.1 Å². The lowest BCUT2D eigenvalue weighted by Crippen LogP contribution is -2.61. The monoisotopic (exact) mass is 274 g/mol. The van der Waals surface area contributed by atoms with E-state index in [9.17, 15) is 0 Å². The van der Waals surface area contributed by atoms with Gasteiger partial charge in [0.1, 0.15) is 0 Å². The van der Waals surface area contributed by atoms with E-state index in [1.165, 1.54) is 12.0 Å². The number of nitrogens with zero attached hydrogens (tertiary/aromatic N) is 1. The van der Waals surface area contributed by atoms with Gasteiger partial charge in [-0.15, -0.1) is 0 Å². The van der Waals surface area contributed by atoms with E-state index in [1.54, 1.807) is 0 Å². The molecule has 0 amide bonds. The van der Waals surface area contributed by atoms with Gasteiger partial charge < -0.3 is 5.73 Å². The lowest BCUT2D eigenvalue weighted by Gasteiger charge is -2.44. The number of nitrogens with one attached hydrogen (secondary N) is 2. The van der Waals surface area contributed by atoms with Crippen LogP contribution in [-0.4, -0.2) is 36.1 Å². The maximum atomic E-state index is 6.46. The highest BCUT2D eigenvalue weighted by Crippen LogP contribution is 2.25. The maximum absolute atomic E-state index is 6.46. The third-order valence-corrected chi connectivity index (χ3v) is 4.75. The minimum Gasteiger partial charge on any atom is -0.326 e. The molecule has 2 aliphatic rings. The molecule has 0 saturated carbocycles. The first-order valence-electron chi connectivity index (χ1n) is 7.77. The predicted octanol–water partition coefficient (Wildman–Crippen LogP) is 1.09. The lowest BCUT2D eigenvalue weighted by molar-refractivity contribution is 0.0825. The average Bonchev–Trinajstić information content (AvgIpc) is 2.86. The molecular weight excluding hydrogens is 248 g/mol. The van der Waals surface area contributed by atoms with Gasteiger partial charge in [0, 0.05) is 31.2 Å². The molecule has 2 aliphatic heterocycles. The van der Waals surface area contributed by atoms with Gasteiger partial charge in [-0.3, -0.25) is 15.8 Å². The van der Waals surface area contributed by atoms with Crippen LogP contribution in [0, 0.1) is 5.92 Å². The van der Waals surface area contributed by atoms with Gasteiger partial charge >= 0.3 is 0 Å². The third-order valence-electron chi connectivity index (χ3n) is 4.75. The smallest absolute Gasteiger partial charge is 0.0421 e. The van der Waals surface area contributed by atoms with Gasteiger partial charge in [0.25, 0.3) is 0 Å². The van der Waals surface area contributed by atoms with Crippen LogP contribution in [0.5, 0.6) is 0 Å². The summed E-state index contributed by atoms with van der Waals surface area (Å²) in [6, 6.07) is 11.9. The predicted molar refractivity (Wildman–Crippen MR) is 81.9 cm³/mol. The molecule has 4 unspecified atom stereocenters. The summed E-state index contributed by atoms with van der Waals surface area (Å²) in [6.45, 7) is 5.50. The molecule has 4 nitrogen and oxygen atoms in total. The van der Waals surface area contributed by atoms with Crippen LogP contribution < -0.4 is 16.6 Å². The van der Waals surface area contributed by atoms with Crippen LogP contribution in [0.1, 0.15) is 25.3 Å². The number of benzene rings is 1. The van der Waals surface area contributed by atoms with Gasteiger partial charge in [0.2, 0.25) is 0 Å². The Bertz CT molecular complexity index is 422. The topological polar surface area (TPSA) is 53.3 Å². The SMILES string of the molecule is CC1CNNC1C1C(N)CCCN1Cc1ccccc1. The standard InChI is InChI=1S/C16H26N4/c1-12-10-18-19-15(12)16-14(17)8-5-9-20(16)11-13-6-3-2-4-7-13/h2-4,6-7,12,14-16,18-19H,5,8-11,17H2,1H3. The first-order chi connectivity index (χ1) is 9.75. The van der Waals surface area contributed by atoms with Crippen LogP contribution in [0.15, 0.2) is 30.3 Å². The summed E-state index contributed by atoms with van der Waals surface area (Å²) in [5, 5.41) is 0. The van der Waals surface area contributed by atoms with Crippen molar-refractivity contribution in [3.05, 3.63) is 35.9 Å². The third kappa shape index (κ3) is 2.88. The Hall–Kier alpha value is -0.940. The van der Waals surface area contributed by atoms with Gasteiger partial charge in [-0.2, -0.15) is 0 Å². The van der Waals surface area contributed by atoms with Gasteiger partial charge in [0.05, 0.1) is 0 Å². The highest BCUT2D eigenvalue weighted by Gasteiger charge is 2.39. The van der Waals surface area contributed by atoms with Crippen molar-refractivity contribution in [3.63, 3.8) is 0 Å². The van der Waals surface area contributed by atoms with Crippen LogP contribution in [0.25, 0.3) is 0 Å². The minimum absolute atomic E-state index is 0.271. The Morgan fingerprint density at radius 1 is 1.30 bits per heavy atom. The van der Waals surface area contributed by atoms with Crippen molar-refractivity contribution in [2.45, 2.75) is 44.4 Å². The summed E-state index contributed by atoms with van der Waals surface area (Å²) >= 11 is 0. The second-order valence-corrected chi connectivity index (χ2v) is 6.28. The number of hydrogen-bond donors (Lipinski definition) is 3. The molecule has 0 aliphatic carbocycles. The normalized spacial score (nSPS) is 35.3. The maximum Gasteiger partial charge on any atom is 0.0421 e. The van der Waals surface area contributed by atoms with Gasteiger partial charge in [-0.05, 0) is 30.9 Å². The first kappa shape index (κ1) is 14.0. The second-order valence-electron chi connectivity index (χ2n) is 6.28. The summed E-state index contributed by atoms with van der Waals surface area (Å²) in [7, 11) is 0. The molecule has 3 rings (SSSR count). The van der Waals surface area contributed by atoms with Crippen molar-refractivity contribution >= 4 is 0 Å². The van der Waals surface area contributed by atoms with Crippen molar-refractivity contribution in [3.8, 4) is 0 Å². The number of likely N-dealkylation sites (tertiary alicyclic amines) is 1. The van der Waals surface area contributed by atoms with Crippen LogP contribution in [-0.2, 0) is 6.54 Å². The molecular formula is C16H26N4. The largest absolute Gasteiger partial charge is 0.326 e. The number of hydrogen-bond acceptors (Lipinski definition) is 4. The lowest BCUT2D eigenvalue weighted by atomic mass is 9.86. The average molecular weight is 274 g/mol. The quantitative estimate of drug-likeness (QED) is 0.772. The Morgan fingerprint density at radius 2 is 2.10 bits per heavy atom. The number of piperidine rings is 1. The molecule has 4 heteroatoms. The summed E-state index contributed by atoms with van der Waals surface area (Å²) < 4.78 is 0. The van der Waals surface area contributed by atoms with Crippen molar-refractivity contribution < 1.29 is 0 Å². The molecule has 2 fully saturated rings. The van der Waals surface area contributed by atoms with E-state index < -0.39 is 0 Å². The Labute approximate surface area is 121 Å². The molecule has 0 radical (unpaired) electrons. The highest BCUT2D eigenvalue weighted by molar-refractivity contribution is 5.15. The molecule has 4 N–H and O–H groups in total.